The first kappa shape index (κ1) is 16.7. The minimum absolute atomic E-state index is 0.0842. The van der Waals surface area contributed by atoms with Crippen molar-refractivity contribution < 1.29 is 14.3 Å². The molecule has 0 amide bonds. The second-order valence-corrected chi connectivity index (χ2v) is 5.83. The second-order valence-electron chi connectivity index (χ2n) is 5.83. The Kier molecular flexibility index (Phi) is 4.49. The van der Waals surface area contributed by atoms with Crippen molar-refractivity contribution in [2.45, 2.75) is 6.42 Å². The summed E-state index contributed by atoms with van der Waals surface area (Å²) < 4.78 is 12.8. The zero-order valence-electron chi connectivity index (χ0n) is 14.6. The Bertz CT molecular complexity index is 1090. The van der Waals surface area contributed by atoms with Crippen LogP contribution in [0.3, 0.4) is 0 Å². The Morgan fingerprint density at radius 3 is 2.78 bits per heavy atom. The van der Waals surface area contributed by atoms with Crippen molar-refractivity contribution in [2.75, 3.05) is 7.11 Å². The summed E-state index contributed by atoms with van der Waals surface area (Å²) in [5, 5.41) is 0. The lowest BCUT2D eigenvalue weighted by atomic mass is 10.1. The van der Waals surface area contributed by atoms with Crippen molar-refractivity contribution in [3.63, 3.8) is 0 Å². The Labute approximate surface area is 155 Å². The van der Waals surface area contributed by atoms with Crippen LogP contribution in [-0.4, -0.2) is 32.2 Å². The summed E-state index contributed by atoms with van der Waals surface area (Å²) >= 11 is 0. The topological polar surface area (TPSA) is 78.6 Å². The molecule has 0 saturated heterocycles. The van der Waals surface area contributed by atoms with Gasteiger partial charge in [0.05, 0.1) is 37.7 Å². The number of carbonyl (C=O) groups excluding carboxylic acids is 1. The fourth-order valence-electron chi connectivity index (χ4n) is 2.73. The van der Waals surface area contributed by atoms with Crippen LogP contribution in [0.4, 0.5) is 0 Å². The van der Waals surface area contributed by atoms with Crippen LogP contribution in [0.5, 0.6) is 17.2 Å². The molecule has 0 saturated carbocycles. The molecule has 0 aromatic carbocycles. The third-order valence-electron chi connectivity index (χ3n) is 3.99. The molecule has 0 aliphatic heterocycles. The standard InChI is InChI=1S/C20H16N4O3/c1-26-15-9-16(12-21-11-15)27-17-10-18(20-23-6-7-24(20)13-17)19(25)8-14-4-2-3-5-22-14/h2-7,9-13H,8H2,1H3. The van der Waals surface area contributed by atoms with Gasteiger partial charge in [-0.2, -0.15) is 0 Å². The number of hydrogen-bond donors (Lipinski definition) is 0. The fraction of sp³-hybridized carbons (Fsp3) is 0.100. The lowest BCUT2D eigenvalue weighted by Crippen LogP contribution is -2.07. The summed E-state index contributed by atoms with van der Waals surface area (Å²) in [7, 11) is 1.56. The van der Waals surface area contributed by atoms with Gasteiger partial charge in [-0.15, -0.1) is 0 Å². The van der Waals surface area contributed by atoms with Crippen molar-refractivity contribution in [3.05, 3.63) is 78.8 Å². The number of fused-ring (bicyclic) bond motifs is 1. The van der Waals surface area contributed by atoms with E-state index in [1.54, 1.807) is 60.8 Å². The summed E-state index contributed by atoms with van der Waals surface area (Å²) in [5.74, 6) is 1.51. The predicted molar refractivity (Wildman–Crippen MR) is 98.3 cm³/mol. The normalized spacial score (nSPS) is 10.7. The van der Waals surface area contributed by atoms with Gasteiger partial charge in [-0.05, 0) is 18.2 Å². The van der Waals surface area contributed by atoms with Crippen LogP contribution in [0.2, 0.25) is 0 Å². The molecule has 0 spiro atoms. The largest absolute Gasteiger partial charge is 0.495 e. The smallest absolute Gasteiger partial charge is 0.172 e. The molecule has 7 heteroatoms. The van der Waals surface area contributed by atoms with E-state index in [0.29, 0.717) is 34.2 Å². The van der Waals surface area contributed by atoms with Crippen molar-refractivity contribution in [2.24, 2.45) is 0 Å². The van der Waals surface area contributed by atoms with Crippen LogP contribution in [0, 0.1) is 0 Å². The maximum Gasteiger partial charge on any atom is 0.172 e. The molecule has 0 radical (unpaired) electrons. The number of carbonyl (C=O) groups is 1. The first-order valence-corrected chi connectivity index (χ1v) is 8.29. The van der Waals surface area contributed by atoms with Crippen LogP contribution in [0.15, 0.2) is 67.5 Å². The van der Waals surface area contributed by atoms with Crippen molar-refractivity contribution in [3.8, 4) is 17.2 Å². The van der Waals surface area contributed by atoms with Gasteiger partial charge in [-0.3, -0.25) is 14.8 Å². The van der Waals surface area contributed by atoms with Gasteiger partial charge in [-0.1, -0.05) is 6.07 Å². The summed E-state index contributed by atoms with van der Waals surface area (Å²) in [6.45, 7) is 0. The number of aromatic nitrogens is 4. The quantitative estimate of drug-likeness (QED) is 0.491. The van der Waals surface area contributed by atoms with Crippen LogP contribution in [-0.2, 0) is 6.42 Å². The van der Waals surface area contributed by atoms with Gasteiger partial charge in [-0.25, -0.2) is 4.98 Å². The maximum atomic E-state index is 12.8. The van der Waals surface area contributed by atoms with Crippen LogP contribution in [0.1, 0.15) is 16.1 Å². The Morgan fingerprint density at radius 2 is 1.96 bits per heavy atom. The van der Waals surface area contributed by atoms with E-state index >= 15 is 0 Å². The Hall–Kier alpha value is -3.74. The van der Waals surface area contributed by atoms with E-state index in [-0.39, 0.29) is 12.2 Å². The highest BCUT2D eigenvalue weighted by atomic mass is 16.5. The average Bonchev–Trinajstić information content (AvgIpc) is 3.17. The molecule has 4 aromatic rings. The highest BCUT2D eigenvalue weighted by molar-refractivity contribution is 6.02. The van der Waals surface area contributed by atoms with Crippen molar-refractivity contribution >= 4 is 11.4 Å². The zero-order valence-corrected chi connectivity index (χ0v) is 14.6. The molecule has 0 unspecified atom stereocenters. The molecule has 0 aliphatic rings. The van der Waals surface area contributed by atoms with Crippen LogP contribution >= 0.6 is 0 Å². The van der Waals surface area contributed by atoms with E-state index in [4.69, 9.17) is 9.47 Å². The number of pyridine rings is 3. The minimum Gasteiger partial charge on any atom is -0.495 e. The number of imidazole rings is 1. The molecule has 27 heavy (non-hydrogen) atoms. The lowest BCUT2D eigenvalue weighted by molar-refractivity contribution is 0.0992. The molecule has 0 N–H and O–H groups in total. The van der Waals surface area contributed by atoms with Gasteiger partial charge in [0.1, 0.15) is 22.9 Å². The second kappa shape index (κ2) is 7.25. The number of methoxy groups -OCH3 is 1. The van der Waals surface area contributed by atoms with Crippen LogP contribution in [0.25, 0.3) is 5.65 Å². The van der Waals surface area contributed by atoms with E-state index in [2.05, 4.69) is 15.0 Å². The van der Waals surface area contributed by atoms with Gasteiger partial charge < -0.3 is 13.9 Å². The monoisotopic (exact) mass is 360 g/mol. The third-order valence-corrected chi connectivity index (χ3v) is 3.99. The molecule has 0 fully saturated rings. The molecule has 0 atom stereocenters. The minimum atomic E-state index is -0.0842. The van der Waals surface area contributed by atoms with E-state index in [1.807, 2.05) is 18.2 Å². The Morgan fingerprint density at radius 1 is 1.07 bits per heavy atom. The van der Waals surface area contributed by atoms with E-state index in [9.17, 15) is 4.79 Å². The molecule has 134 valence electrons. The van der Waals surface area contributed by atoms with Crippen LogP contribution < -0.4 is 9.47 Å². The molecule has 0 aliphatic carbocycles. The summed E-state index contributed by atoms with van der Waals surface area (Å²) in [4.78, 5) is 25.4. The highest BCUT2D eigenvalue weighted by Gasteiger charge is 2.16. The molecule has 7 nitrogen and oxygen atoms in total. The summed E-state index contributed by atoms with van der Waals surface area (Å²) in [5.41, 5.74) is 1.75. The molecule has 4 aromatic heterocycles. The maximum absolute atomic E-state index is 12.8. The first-order chi connectivity index (χ1) is 13.2. The number of rotatable bonds is 6. The average molecular weight is 360 g/mol. The number of ether oxygens (including phenoxy) is 2. The highest BCUT2D eigenvalue weighted by Crippen LogP contribution is 2.26. The Balaban J connectivity index is 1.68. The van der Waals surface area contributed by atoms with E-state index in [0.717, 1.165) is 0 Å². The van der Waals surface area contributed by atoms with E-state index < -0.39 is 0 Å². The fourth-order valence-corrected chi connectivity index (χ4v) is 2.73. The number of nitrogens with zero attached hydrogens (tertiary/aromatic N) is 4. The van der Waals surface area contributed by atoms with Gasteiger partial charge in [0.25, 0.3) is 0 Å². The summed E-state index contributed by atoms with van der Waals surface area (Å²) in [6.07, 6.45) is 10.2. The number of hydrogen-bond acceptors (Lipinski definition) is 6. The van der Waals surface area contributed by atoms with Gasteiger partial charge >= 0.3 is 0 Å². The lowest BCUT2D eigenvalue weighted by Gasteiger charge is -2.10. The molecule has 4 heterocycles. The first-order valence-electron chi connectivity index (χ1n) is 8.29. The molecular weight excluding hydrogens is 344 g/mol. The molecule has 0 bridgehead atoms. The predicted octanol–water partition coefficient (Wildman–Crippen LogP) is 3.35. The van der Waals surface area contributed by atoms with Gasteiger partial charge in [0.15, 0.2) is 5.78 Å². The summed E-state index contributed by atoms with van der Waals surface area (Å²) in [6, 6.07) is 8.91. The SMILES string of the molecule is COc1cncc(Oc2cc(C(=O)Cc3ccccn3)c3nccn3c2)c1. The van der Waals surface area contributed by atoms with Gasteiger partial charge in [0.2, 0.25) is 0 Å². The van der Waals surface area contributed by atoms with Crippen molar-refractivity contribution in [1.82, 2.24) is 19.4 Å². The molecule has 4 rings (SSSR count). The molecular formula is C20H16N4O3. The van der Waals surface area contributed by atoms with Crippen molar-refractivity contribution in [1.29, 1.82) is 0 Å². The van der Waals surface area contributed by atoms with Gasteiger partial charge in [0, 0.05) is 30.4 Å². The van der Waals surface area contributed by atoms with E-state index in [1.165, 1.54) is 0 Å². The number of ketones is 1. The number of Topliss-reactive ketones (excluding diaryl/α,β-unsaturated/α-hetero) is 1. The zero-order chi connectivity index (χ0) is 18.6. The third kappa shape index (κ3) is 3.62.